The first-order chi connectivity index (χ1) is 14.9. The lowest BCUT2D eigenvalue weighted by Crippen LogP contribution is -2.38. The van der Waals surface area contributed by atoms with Crippen LogP contribution in [0.3, 0.4) is 0 Å². The molecule has 1 aliphatic heterocycles. The van der Waals surface area contributed by atoms with Gasteiger partial charge >= 0.3 is 5.69 Å². The molecule has 0 saturated carbocycles. The average molecular weight is 428 g/mol. The highest BCUT2D eigenvalue weighted by molar-refractivity contribution is 5.74. The second-order valence-electron chi connectivity index (χ2n) is 8.23. The molecule has 1 N–H and O–H groups in total. The molecule has 1 aliphatic rings. The predicted molar refractivity (Wildman–Crippen MR) is 119 cm³/mol. The molecule has 3 aromatic rings. The highest BCUT2D eigenvalue weighted by Crippen LogP contribution is 2.23. The molecular formula is C22H29N5O4. The molecule has 0 aliphatic carbocycles. The molecule has 1 aromatic carbocycles. The Kier molecular flexibility index (Phi) is 5.86. The molecule has 0 bridgehead atoms. The maximum atomic E-state index is 13.0. The Bertz CT molecular complexity index is 1190. The van der Waals surface area contributed by atoms with Crippen molar-refractivity contribution in [2.45, 2.75) is 38.8 Å². The number of rotatable bonds is 6. The monoisotopic (exact) mass is 427 g/mol. The molecule has 1 fully saturated rings. The number of aliphatic hydroxyl groups is 1. The predicted octanol–water partition coefficient (Wildman–Crippen LogP) is 1.17. The quantitative estimate of drug-likeness (QED) is 0.635. The van der Waals surface area contributed by atoms with Gasteiger partial charge in [-0.25, -0.2) is 4.79 Å². The highest BCUT2D eigenvalue weighted by atomic mass is 16.5. The Morgan fingerprint density at radius 2 is 1.74 bits per heavy atom. The van der Waals surface area contributed by atoms with Gasteiger partial charge in [-0.15, -0.1) is 0 Å². The molecule has 2 aromatic heterocycles. The number of aliphatic hydroxyl groups excluding tert-OH is 1. The minimum Gasteiger partial charge on any atom is -0.491 e. The van der Waals surface area contributed by atoms with E-state index >= 15 is 0 Å². The number of fused-ring (bicyclic) bond motifs is 1. The molecule has 1 saturated heterocycles. The second kappa shape index (κ2) is 8.58. The molecule has 1 atom stereocenters. The molecule has 166 valence electrons. The molecule has 0 radical (unpaired) electrons. The van der Waals surface area contributed by atoms with Gasteiger partial charge in [0.25, 0.3) is 5.56 Å². The van der Waals surface area contributed by atoms with Crippen LogP contribution in [-0.2, 0) is 20.6 Å². The van der Waals surface area contributed by atoms with E-state index in [0.717, 1.165) is 42.5 Å². The zero-order chi connectivity index (χ0) is 22.1. The fourth-order valence-electron chi connectivity index (χ4n) is 4.03. The molecule has 3 heterocycles. The Morgan fingerprint density at radius 1 is 1.06 bits per heavy atom. The lowest BCUT2D eigenvalue weighted by Gasteiger charge is -2.28. The minimum absolute atomic E-state index is 0.0776. The lowest BCUT2D eigenvalue weighted by molar-refractivity contribution is 0.0936. The van der Waals surface area contributed by atoms with E-state index in [1.165, 1.54) is 11.6 Å². The van der Waals surface area contributed by atoms with Crippen molar-refractivity contribution in [2.75, 3.05) is 24.6 Å². The van der Waals surface area contributed by atoms with Crippen LogP contribution in [0.2, 0.25) is 0 Å². The zero-order valence-electron chi connectivity index (χ0n) is 18.2. The standard InChI is InChI=1S/C22H29N5O4/c1-15-7-9-17(10-8-15)31-14-16(28)13-27-18-19(24(2)22(30)25(3)20(18)29)23-21(27)26-11-5-4-6-12-26/h7-10,16,28H,4-6,11-14H2,1-3H3. The van der Waals surface area contributed by atoms with E-state index in [0.29, 0.717) is 22.9 Å². The van der Waals surface area contributed by atoms with Crippen LogP contribution in [0.5, 0.6) is 5.75 Å². The Balaban J connectivity index is 1.69. The van der Waals surface area contributed by atoms with Gasteiger partial charge < -0.3 is 19.3 Å². The Labute approximate surface area is 180 Å². The van der Waals surface area contributed by atoms with E-state index in [9.17, 15) is 14.7 Å². The minimum atomic E-state index is -0.857. The number of hydrogen-bond donors (Lipinski definition) is 1. The van der Waals surface area contributed by atoms with Gasteiger partial charge in [0, 0.05) is 27.2 Å². The number of aromatic nitrogens is 4. The summed E-state index contributed by atoms with van der Waals surface area (Å²) < 4.78 is 9.94. The lowest BCUT2D eigenvalue weighted by atomic mass is 10.1. The SMILES string of the molecule is Cc1ccc(OCC(O)Cn2c(N3CCCCC3)nc3c2c(=O)n(C)c(=O)n3C)cc1. The van der Waals surface area contributed by atoms with E-state index < -0.39 is 17.4 Å². The van der Waals surface area contributed by atoms with Crippen LogP contribution in [-0.4, -0.2) is 49.6 Å². The fourth-order valence-corrected chi connectivity index (χ4v) is 4.03. The molecule has 31 heavy (non-hydrogen) atoms. The summed E-state index contributed by atoms with van der Waals surface area (Å²) in [6.45, 7) is 3.87. The van der Waals surface area contributed by atoms with Crippen LogP contribution >= 0.6 is 0 Å². The molecule has 0 spiro atoms. The average Bonchev–Trinajstić information content (AvgIpc) is 3.15. The highest BCUT2D eigenvalue weighted by Gasteiger charge is 2.25. The van der Waals surface area contributed by atoms with Crippen molar-refractivity contribution >= 4 is 17.1 Å². The van der Waals surface area contributed by atoms with Crippen LogP contribution in [0.25, 0.3) is 11.2 Å². The molecule has 4 rings (SSSR count). The summed E-state index contributed by atoms with van der Waals surface area (Å²) in [6.07, 6.45) is 2.38. The van der Waals surface area contributed by atoms with E-state index in [-0.39, 0.29) is 13.2 Å². The number of benzene rings is 1. The summed E-state index contributed by atoms with van der Waals surface area (Å²) in [6, 6.07) is 7.62. The summed E-state index contributed by atoms with van der Waals surface area (Å²) >= 11 is 0. The van der Waals surface area contributed by atoms with Gasteiger partial charge in [-0.1, -0.05) is 17.7 Å². The van der Waals surface area contributed by atoms with Crippen molar-refractivity contribution in [1.82, 2.24) is 18.7 Å². The van der Waals surface area contributed by atoms with Crippen molar-refractivity contribution in [3.8, 4) is 5.75 Å². The summed E-state index contributed by atoms with van der Waals surface area (Å²) in [5.74, 6) is 1.29. The van der Waals surface area contributed by atoms with Gasteiger partial charge in [0.1, 0.15) is 18.5 Å². The van der Waals surface area contributed by atoms with Crippen LogP contribution in [0.15, 0.2) is 33.9 Å². The zero-order valence-corrected chi connectivity index (χ0v) is 18.2. The maximum absolute atomic E-state index is 13.0. The van der Waals surface area contributed by atoms with Gasteiger partial charge in [-0.05, 0) is 38.3 Å². The van der Waals surface area contributed by atoms with E-state index in [1.807, 2.05) is 31.2 Å². The smallest absolute Gasteiger partial charge is 0.332 e. The molecule has 9 nitrogen and oxygen atoms in total. The van der Waals surface area contributed by atoms with Crippen molar-refractivity contribution in [3.63, 3.8) is 0 Å². The third-order valence-corrected chi connectivity index (χ3v) is 5.82. The van der Waals surface area contributed by atoms with Crippen molar-refractivity contribution in [1.29, 1.82) is 0 Å². The number of aryl methyl sites for hydroxylation is 2. The topological polar surface area (TPSA) is 94.5 Å². The van der Waals surface area contributed by atoms with Gasteiger partial charge in [-0.3, -0.25) is 13.9 Å². The van der Waals surface area contributed by atoms with Crippen LogP contribution in [0.4, 0.5) is 5.95 Å². The van der Waals surface area contributed by atoms with Crippen LogP contribution in [0.1, 0.15) is 24.8 Å². The second-order valence-corrected chi connectivity index (χ2v) is 8.23. The van der Waals surface area contributed by atoms with Crippen molar-refractivity contribution in [2.24, 2.45) is 14.1 Å². The Hall–Kier alpha value is -3.07. The maximum Gasteiger partial charge on any atom is 0.332 e. The molecule has 9 heteroatoms. The molecule has 1 unspecified atom stereocenters. The number of imidazole rings is 1. The number of hydrogen-bond acceptors (Lipinski definition) is 6. The van der Waals surface area contributed by atoms with Gasteiger partial charge in [0.05, 0.1) is 6.54 Å². The third-order valence-electron chi connectivity index (χ3n) is 5.82. The first-order valence-corrected chi connectivity index (χ1v) is 10.7. The molecular weight excluding hydrogens is 398 g/mol. The summed E-state index contributed by atoms with van der Waals surface area (Å²) in [7, 11) is 3.07. The van der Waals surface area contributed by atoms with E-state index in [1.54, 1.807) is 11.6 Å². The largest absolute Gasteiger partial charge is 0.491 e. The van der Waals surface area contributed by atoms with Crippen molar-refractivity contribution < 1.29 is 9.84 Å². The van der Waals surface area contributed by atoms with Crippen molar-refractivity contribution in [3.05, 3.63) is 50.7 Å². The van der Waals surface area contributed by atoms with E-state index in [2.05, 4.69) is 9.88 Å². The van der Waals surface area contributed by atoms with Gasteiger partial charge in [-0.2, -0.15) is 4.98 Å². The van der Waals surface area contributed by atoms with Gasteiger partial charge in [0.15, 0.2) is 11.2 Å². The summed E-state index contributed by atoms with van der Waals surface area (Å²) in [4.78, 5) is 32.2. The first kappa shape index (κ1) is 21.2. The number of nitrogens with zero attached hydrogens (tertiary/aromatic N) is 5. The summed E-state index contributed by atoms with van der Waals surface area (Å²) in [5, 5.41) is 10.7. The third kappa shape index (κ3) is 4.10. The van der Waals surface area contributed by atoms with E-state index in [4.69, 9.17) is 4.74 Å². The number of anilines is 1. The van der Waals surface area contributed by atoms with Crippen LogP contribution in [0, 0.1) is 6.92 Å². The van der Waals surface area contributed by atoms with Crippen LogP contribution < -0.4 is 20.9 Å². The fraction of sp³-hybridized carbons (Fsp3) is 0.500. The molecule has 0 amide bonds. The Morgan fingerprint density at radius 3 is 2.42 bits per heavy atom. The normalized spacial score (nSPS) is 15.4. The van der Waals surface area contributed by atoms with Gasteiger partial charge in [0.2, 0.25) is 5.95 Å². The summed E-state index contributed by atoms with van der Waals surface area (Å²) in [5.41, 5.74) is 0.946. The number of piperidine rings is 1. The first-order valence-electron chi connectivity index (χ1n) is 10.7. The number of ether oxygens (including phenoxy) is 1.